The quantitative estimate of drug-likeness (QED) is 0.391. The molecule has 12 heteroatoms. The second-order valence-corrected chi connectivity index (χ2v) is 6.12. The van der Waals surface area contributed by atoms with Gasteiger partial charge in [-0.1, -0.05) is 24.3 Å². The number of Topliss-reactive ketones (excluding diaryl/α,β-unsaturated/α-hetero) is 1. The molecule has 1 aromatic carbocycles. The zero-order valence-corrected chi connectivity index (χ0v) is 14.5. The van der Waals surface area contributed by atoms with Crippen LogP contribution in [0.5, 0.6) is 0 Å². The van der Waals surface area contributed by atoms with E-state index >= 15 is 0 Å². The van der Waals surface area contributed by atoms with Crippen LogP contribution in [0.25, 0.3) is 0 Å². The summed E-state index contributed by atoms with van der Waals surface area (Å²) in [5, 5.41) is 36.8. The number of benzene rings is 1. The van der Waals surface area contributed by atoms with Gasteiger partial charge in [0.15, 0.2) is 11.2 Å². The molecule has 1 unspecified atom stereocenters. The molecule has 0 aromatic heterocycles. The molecule has 1 aliphatic carbocycles. The molecule has 1 aliphatic rings. The summed E-state index contributed by atoms with van der Waals surface area (Å²) in [5.41, 5.74) is -8.01. The number of carboxylic acids is 4. The molecule has 0 spiro atoms. The molecule has 0 saturated heterocycles. The van der Waals surface area contributed by atoms with Crippen LogP contribution in [-0.2, 0) is 14.4 Å². The first-order chi connectivity index (χ1) is 13.7. The number of hydrogen-bond acceptors (Lipinski definition) is 5. The van der Waals surface area contributed by atoms with Gasteiger partial charge in [0.1, 0.15) is 5.92 Å². The second kappa shape index (κ2) is 7.46. The summed E-state index contributed by atoms with van der Waals surface area (Å²) in [6.45, 7) is 0. The Morgan fingerprint density at radius 1 is 0.900 bits per heavy atom. The molecule has 30 heavy (non-hydrogen) atoms. The fraction of sp³-hybridized carbons (Fsp3) is 0.167. The van der Waals surface area contributed by atoms with Gasteiger partial charge in [-0.15, -0.1) is 0 Å². The van der Waals surface area contributed by atoms with Crippen LogP contribution in [0, 0.1) is 11.3 Å². The third-order valence-electron chi connectivity index (χ3n) is 4.42. The molecule has 4 N–H and O–H groups in total. The summed E-state index contributed by atoms with van der Waals surface area (Å²) in [6, 6.07) is 3.82. The van der Waals surface area contributed by atoms with Crippen molar-refractivity contribution in [3.05, 3.63) is 58.7 Å². The minimum atomic E-state index is -5.60. The molecule has 0 fully saturated rings. The van der Waals surface area contributed by atoms with E-state index in [2.05, 4.69) is 0 Å². The van der Waals surface area contributed by atoms with Gasteiger partial charge in [0, 0.05) is 11.1 Å². The molecule has 2 rings (SSSR count). The minimum Gasteiger partial charge on any atom is -0.481 e. The number of halogens is 3. The Hall–Kier alpha value is -3.96. The van der Waals surface area contributed by atoms with E-state index < -0.39 is 69.4 Å². The van der Waals surface area contributed by atoms with Gasteiger partial charge < -0.3 is 20.4 Å². The van der Waals surface area contributed by atoms with Crippen LogP contribution in [0.3, 0.4) is 0 Å². The predicted molar refractivity (Wildman–Crippen MR) is 88.8 cm³/mol. The first-order valence-corrected chi connectivity index (χ1v) is 7.83. The van der Waals surface area contributed by atoms with Gasteiger partial charge in [-0.2, -0.15) is 13.2 Å². The highest BCUT2D eigenvalue weighted by Crippen LogP contribution is 2.48. The third-order valence-corrected chi connectivity index (χ3v) is 4.42. The SMILES string of the molecule is O=C(O)c1cccc(C(=O)C2=C(C(F)(F)F)C(C(=O)O)C(C(=O)O)(C(=O)O)C=C2)c1. The van der Waals surface area contributed by atoms with Gasteiger partial charge in [0.2, 0.25) is 0 Å². The number of carbonyl (C=O) groups is 5. The van der Waals surface area contributed by atoms with Crippen LogP contribution in [0.4, 0.5) is 13.2 Å². The third kappa shape index (κ3) is 3.54. The zero-order chi connectivity index (χ0) is 23.0. The topological polar surface area (TPSA) is 166 Å². The van der Waals surface area contributed by atoms with E-state index in [1.807, 2.05) is 0 Å². The van der Waals surface area contributed by atoms with Crippen LogP contribution in [-0.4, -0.2) is 56.3 Å². The van der Waals surface area contributed by atoms with Gasteiger partial charge >= 0.3 is 30.1 Å². The van der Waals surface area contributed by atoms with Gasteiger partial charge in [0.05, 0.1) is 11.1 Å². The van der Waals surface area contributed by atoms with Crippen molar-refractivity contribution in [3.8, 4) is 0 Å². The summed E-state index contributed by atoms with van der Waals surface area (Å²) in [7, 11) is 0. The molecule has 0 radical (unpaired) electrons. The van der Waals surface area contributed by atoms with Crippen LogP contribution in [0.1, 0.15) is 20.7 Å². The highest BCUT2D eigenvalue weighted by atomic mass is 19.4. The van der Waals surface area contributed by atoms with Crippen molar-refractivity contribution in [3.63, 3.8) is 0 Å². The number of aromatic carboxylic acids is 1. The molecule has 158 valence electrons. The Bertz CT molecular complexity index is 1020. The van der Waals surface area contributed by atoms with Crippen molar-refractivity contribution in [2.45, 2.75) is 6.18 Å². The number of allylic oxidation sites excluding steroid dienone is 2. The molecular weight excluding hydrogens is 417 g/mol. The average molecular weight is 428 g/mol. The maximum atomic E-state index is 13.8. The van der Waals surface area contributed by atoms with Crippen LogP contribution in [0.15, 0.2) is 47.6 Å². The van der Waals surface area contributed by atoms with Gasteiger partial charge in [-0.25, -0.2) is 4.79 Å². The normalized spacial score (nSPS) is 18.0. The van der Waals surface area contributed by atoms with E-state index in [0.717, 1.165) is 24.3 Å². The number of rotatable bonds is 6. The van der Waals surface area contributed by atoms with Crippen LogP contribution < -0.4 is 0 Å². The smallest absolute Gasteiger partial charge is 0.414 e. The lowest BCUT2D eigenvalue weighted by Crippen LogP contribution is -2.52. The molecule has 1 atom stereocenters. The molecular formula is C18H11F3O9. The summed E-state index contributed by atoms with van der Waals surface area (Å²) in [5.74, 6) is -13.3. The Labute approximate surface area is 164 Å². The van der Waals surface area contributed by atoms with E-state index in [1.165, 1.54) is 0 Å². The Balaban J connectivity index is 2.84. The lowest BCUT2D eigenvalue weighted by atomic mass is 9.66. The summed E-state index contributed by atoms with van der Waals surface area (Å²) >= 11 is 0. The Morgan fingerprint density at radius 3 is 1.87 bits per heavy atom. The summed E-state index contributed by atoms with van der Waals surface area (Å²) in [4.78, 5) is 58.4. The monoisotopic (exact) mass is 428 g/mol. The molecule has 0 amide bonds. The molecule has 1 aromatic rings. The van der Waals surface area contributed by atoms with Gasteiger partial charge in [0.25, 0.3) is 0 Å². The first kappa shape index (κ1) is 22.3. The van der Waals surface area contributed by atoms with E-state index in [4.69, 9.17) is 5.11 Å². The van der Waals surface area contributed by atoms with Crippen molar-refractivity contribution in [1.29, 1.82) is 0 Å². The first-order valence-electron chi connectivity index (χ1n) is 7.83. The summed E-state index contributed by atoms with van der Waals surface area (Å²) in [6.07, 6.45) is -5.13. The van der Waals surface area contributed by atoms with Gasteiger partial charge in [-0.05, 0) is 12.1 Å². The highest BCUT2D eigenvalue weighted by Gasteiger charge is 2.63. The summed E-state index contributed by atoms with van der Waals surface area (Å²) < 4.78 is 41.3. The number of carbonyl (C=O) groups excluding carboxylic acids is 1. The minimum absolute atomic E-state index is 0.194. The molecule has 0 saturated carbocycles. The standard InChI is InChI=1S/C18H11F3O9/c19-18(20,21)10-9(12(22)7-2-1-3-8(6-7)13(23)24)4-5-17(15(27)28,16(29)30)11(10)14(25)26/h1-6,11H,(H,23,24)(H,25,26)(H,27,28)(H,29,30). The largest absolute Gasteiger partial charge is 0.481 e. The van der Waals surface area contributed by atoms with Crippen molar-refractivity contribution < 1.29 is 57.6 Å². The Kier molecular flexibility index (Phi) is 5.55. The van der Waals surface area contributed by atoms with Crippen molar-refractivity contribution in [2.75, 3.05) is 0 Å². The van der Waals surface area contributed by atoms with E-state index in [1.54, 1.807) is 0 Å². The number of ketones is 1. The van der Waals surface area contributed by atoms with Crippen LogP contribution >= 0.6 is 0 Å². The number of alkyl halides is 3. The van der Waals surface area contributed by atoms with E-state index in [0.29, 0.717) is 0 Å². The number of aliphatic carboxylic acids is 3. The van der Waals surface area contributed by atoms with Crippen LogP contribution in [0.2, 0.25) is 0 Å². The fourth-order valence-corrected chi connectivity index (χ4v) is 3.05. The molecule has 9 nitrogen and oxygen atoms in total. The maximum Gasteiger partial charge on any atom is 0.414 e. The number of carboxylic acid groups (broad SMARTS) is 4. The highest BCUT2D eigenvalue weighted by molar-refractivity contribution is 6.15. The fourth-order valence-electron chi connectivity index (χ4n) is 3.05. The predicted octanol–water partition coefficient (Wildman–Crippen LogP) is 1.85. The average Bonchev–Trinajstić information content (AvgIpc) is 2.64. The second-order valence-electron chi connectivity index (χ2n) is 6.12. The molecule has 0 bridgehead atoms. The van der Waals surface area contributed by atoms with Gasteiger partial charge in [-0.3, -0.25) is 19.2 Å². The van der Waals surface area contributed by atoms with Crippen molar-refractivity contribution >= 4 is 29.7 Å². The van der Waals surface area contributed by atoms with Crippen molar-refractivity contribution in [1.82, 2.24) is 0 Å². The van der Waals surface area contributed by atoms with E-state index in [-0.39, 0.29) is 12.2 Å². The Morgan fingerprint density at radius 2 is 1.43 bits per heavy atom. The lowest BCUT2D eigenvalue weighted by molar-refractivity contribution is -0.174. The number of hydrogen-bond donors (Lipinski definition) is 4. The molecule has 0 heterocycles. The van der Waals surface area contributed by atoms with Crippen molar-refractivity contribution in [2.24, 2.45) is 11.3 Å². The maximum absolute atomic E-state index is 13.8. The zero-order valence-electron chi connectivity index (χ0n) is 14.5. The molecule has 0 aliphatic heterocycles. The van der Waals surface area contributed by atoms with E-state index in [9.17, 15) is 52.5 Å². The lowest BCUT2D eigenvalue weighted by Gasteiger charge is -2.34.